The third-order valence-corrected chi connectivity index (χ3v) is 3.03. The molecule has 0 saturated carbocycles. The zero-order chi connectivity index (χ0) is 13.3. The molecule has 0 aromatic heterocycles. The van der Waals surface area contributed by atoms with E-state index >= 15 is 0 Å². The van der Waals surface area contributed by atoms with E-state index in [4.69, 9.17) is 4.74 Å². The van der Waals surface area contributed by atoms with Gasteiger partial charge in [0.2, 0.25) is 0 Å². The van der Waals surface area contributed by atoms with Crippen LogP contribution in [0, 0.1) is 0 Å². The maximum Gasteiger partial charge on any atom is 0.410 e. The number of hydrogen-bond acceptors (Lipinski definition) is 3. The standard InChI is InChI=1S/C13H26N2O2/c1-10-9-15(11(16)17-12(2,3)4)13(5,6)7-8-14-10/h10,14H,7-9H2,1-6H3/t10-/m0/s1. The topological polar surface area (TPSA) is 41.6 Å². The van der Waals surface area contributed by atoms with Gasteiger partial charge in [0, 0.05) is 18.1 Å². The minimum atomic E-state index is -0.434. The molecule has 1 aliphatic rings. The van der Waals surface area contributed by atoms with Gasteiger partial charge < -0.3 is 15.0 Å². The number of carbonyl (C=O) groups is 1. The monoisotopic (exact) mass is 242 g/mol. The summed E-state index contributed by atoms with van der Waals surface area (Å²) in [6.07, 6.45) is 0.731. The zero-order valence-electron chi connectivity index (χ0n) is 12.0. The Morgan fingerprint density at radius 1 is 1.41 bits per heavy atom. The van der Waals surface area contributed by atoms with Crippen molar-refractivity contribution in [2.24, 2.45) is 0 Å². The molecule has 1 amide bonds. The predicted octanol–water partition coefficient (Wildman–Crippen LogP) is 2.38. The van der Waals surface area contributed by atoms with Gasteiger partial charge in [0.1, 0.15) is 5.60 Å². The van der Waals surface area contributed by atoms with Gasteiger partial charge in [0.25, 0.3) is 0 Å². The fraction of sp³-hybridized carbons (Fsp3) is 0.923. The minimum Gasteiger partial charge on any atom is -0.444 e. The van der Waals surface area contributed by atoms with E-state index in [1.807, 2.05) is 25.7 Å². The maximum absolute atomic E-state index is 12.2. The van der Waals surface area contributed by atoms with Crippen molar-refractivity contribution < 1.29 is 9.53 Å². The molecule has 1 fully saturated rings. The first kappa shape index (κ1) is 14.3. The Morgan fingerprint density at radius 2 is 2.00 bits per heavy atom. The van der Waals surface area contributed by atoms with E-state index in [0.29, 0.717) is 12.6 Å². The van der Waals surface area contributed by atoms with Crippen LogP contribution in [0.15, 0.2) is 0 Å². The van der Waals surface area contributed by atoms with Crippen LogP contribution in [0.4, 0.5) is 4.79 Å². The van der Waals surface area contributed by atoms with E-state index in [1.165, 1.54) is 0 Å². The van der Waals surface area contributed by atoms with Crippen molar-refractivity contribution >= 4 is 6.09 Å². The summed E-state index contributed by atoms with van der Waals surface area (Å²) in [5.41, 5.74) is -0.587. The molecule has 0 aromatic carbocycles. The van der Waals surface area contributed by atoms with Crippen molar-refractivity contribution in [1.29, 1.82) is 0 Å². The van der Waals surface area contributed by atoms with Crippen molar-refractivity contribution in [2.45, 2.75) is 65.1 Å². The largest absolute Gasteiger partial charge is 0.444 e. The van der Waals surface area contributed by atoms with E-state index in [2.05, 4.69) is 26.1 Å². The van der Waals surface area contributed by atoms with Gasteiger partial charge in [-0.1, -0.05) is 0 Å². The smallest absolute Gasteiger partial charge is 0.410 e. The van der Waals surface area contributed by atoms with Crippen LogP contribution in [0.5, 0.6) is 0 Å². The molecule has 1 saturated heterocycles. The van der Waals surface area contributed by atoms with Crippen LogP contribution in [0.1, 0.15) is 48.0 Å². The Labute approximate surface area is 105 Å². The van der Waals surface area contributed by atoms with Crippen molar-refractivity contribution in [3.05, 3.63) is 0 Å². The summed E-state index contributed by atoms with van der Waals surface area (Å²) < 4.78 is 5.48. The van der Waals surface area contributed by atoms with E-state index in [9.17, 15) is 4.79 Å². The van der Waals surface area contributed by atoms with Gasteiger partial charge in [0.05, 0.1) is 0 Å². The molecule has 0 bridgehead atoms. The van der Waals surface area contributed by atoms with Crippen molar-refractivity contribution in [3.63, 3.8) is 0 Å². The normalized spacial score (nSPS) is 25.3. The summed E-state index contributed by atoms with van der Waals surface area (Å²) in [7, 11) is 0. The Balaban J connectivity index is 2.80. The lowest BCUT2D eigenvalue weighted by molar-refractivity contribution is 0.00342. The van der Waals surface area contributed by atoms with E-state index in [0.717, 1.165) is 13.0 Å². The second-order valence-corrected chi connectivity index (χ2v) is 6.51. The molecule has 1 N–H and O–H groups in total. The summed E-state index contributed by atoms with van der Waals surface area (Å²) >= 11 is 0. The lowest BCUT2D eigenvalue weighted by Crippen LogP contribution is -2.51. The molecule has 1 aliphatic heterocycles. The van der Waals surface area contributed by atoms with Gasteiger partial charge in [-0.25, -0.2) is 4.79 Å². The number of hydrogen-bond donors (Lipinski definition) is 1. The van der Waals surface area contributed by atoms with Crippen LogP contribution < -0.4 is 5.32 Å². The molecule has 0 spiro atoms. The highest BCUT2D eigenvalue weighted by molar-refractivity contribution is 5.69. The van der Waals surface area contributed by atoms with Gasteiger partial charge in [-0.3, -0.25) is 0 Å². The van der Waals surface area contributed by atoms with E-state index in [1.54, 1.807) is 0 Å². The van der Waals surface area contributed by atoms with Gasteiger partial charge in [0.15, 0.2) is 0 Å². The number of nitrogens with one attached hydrogen (secondary N) is 1. The van der Waals surface area contributed by atoms with Crippen LogP contribution in [0.3, 0.4) is 0 Å². The molecule has 0 aliphatic carbocycles. The summed E-state index contributed by atoms with van der Waals surface area (Å²) in [6, 6.07) is 0.310. The van der Waals surface area contributed by atoms with E-state index in [-0.39, 0.29) is 11.6 Å². The summed E-state index contributed by atoms with van der Waals surface area (Å²) in [6.45, 7) is 13.6. The lowest BCUT2D eigenvalue weighted by Gasteiger charge is -2.38. The molecule has 1 rings (SSSR count). The average Bonchev–Trinajstić information content (AvgIpc) is 2.22. The fourth-order valence-electron chi connectivity index (χ4n) is 1.98. The molecule has 1 heterocycles. The molecule has 4 heteroatoms. The van der Waals surface area contributed by atoms with Crippen molar-refractivity contribution in [2.75, 3.05) is 13.1 Å². The van der Waals surface area contributed by atoms with Crippen molar-refractivity contribution in [1.82, 2.24) is 10.2 Å². The van der Waals surface area contributed by atoms with Crippen LogP contribution in [0.25, 0.3) is 0 Å². The first-order valence-electron chi connectivity index (χ1n) is 6.36. The van der Waals surface area contributed by atoms with Gasteiger partial charge >= 0.3 is 6.09 Å². The number of nitrogens with zero attached hydrogens (tertiary/aromatic N) is 1. The lowest BCUT2D eigenvalue weighted by atomic mass is 9.99. The first-order chi connectivity index (χ1) is 7.62. The average molecular weight is 242 g/mol. The summed E-state index contributed by atoms with van der Waals surface area (Å²) in [5, 5.41) is 3.40. The van der Waals surface area contributed by atoms with Gasteiger partial charge in [-0.15, -0.1) is 0 Å². The Bertz CT molecular complexity index is 282. The molecular formula is C13H26N2O2. The number of ether oxygens (including phenoxy) is 1. The molecule has 0 aromatic rings. The van der Waals surface area contributed by atoms with Crippen LogP contribution in [0.2, 0.25) is 0 Å². The van der Waals surface area contributed by atoms with Gasteiger partial charge in [-0.2, -0.15) is 0 Å². The molecule has 100 valence electrons. The van der Waals surface area contributed by atoms with Gasteiger partial charge in [-0.05, 0) is 54.5 Å². The maximum atomic E-state index is 12.2. The Morgan fingerprint density at radius 3 is 2.53 bits per heavy atom. The van der Waals surface area contributed by atoms with Crippen molar-refractivity contribution in [3.8, 4) is 0 Å². The third kappa shape index (κ3) is 4.19. The predicted molar refractivity (Wildman–Crippen MR) is 69.1 cm³/mol. The molecule has 1 atom stereocenters. The van der Waals surface area contributed by atoms with Crippen LogP contribution in [-0.2, 0) is 4.74 Å². The van der Waals surface area contributed by atoms with Crippen LogP contribution in [-0.4, -0.2) is 41.3 Å². The second kappa shape index (κ2) is 4.84. The third-order valence-electron chi connectivity index (χ3n) is 3.03. The quantitative estimate of drug-likeness (QED) is 0.709. The summed E-state index contributed by atoms with van der Waals surface area (Å²) in [4.78, 5) is 14.1. The SMILES string of the molecule is C[C@H]1CN(C(=O)OC(C)(C)C)C(C)(C)CCN1. The Hall–Kier alpha value is -0.770. The second-order valence-electron chi connectivity index (χ2n) is 6.51. The fourth-order valence-corrected chi connectivity index (χ4v) is 1.98. The highest BCUT2D eigenvalue weighted by atomic mass is 16.6. The number of amides is 1. The molecule has 0 radical (unpaired) electrons. The number of rotatable bonds is 0. The summed E-state index contributed by atoms with van der Waals surface area (Å²) in [5.74, 6) is 0. The van der Waals surface area contributed by atoms with E-state index < -0.39 is 5.60 Å². The molecule has 0 unspecified atom stereocenters. The zero-order valence-corrected chi connectivity index (χ0v) is 12.0. The molecular weight excluding hydrogens is 216 g/mol. The highest BCUT2D eigenvalue weighted by Crippen LogP contribution is 2.24. The van der Waals surface area contributed by atoms with Crippen LogP contribution >= 0.6 is 0 Å². The Kier molecular flexibility index (Phi) is 4.07. The first-order valence-corrected chi connectivity index (χ1v) is 6.36. The molecule has 17 heavy (non-hydrogen) atoms. The highest BCUT2D eigenvalue weighted by Gasteiger charge is 2.36. The number of carbonyl (C=O) groups excluding carboxylic acids is 1. The minimum absolute atomic E-state index is 0.153. The molecule has 4 nitrogen and oxygen atoms in total.